The van der Waals surface area contributed by atoms with Crippen LogP contribution in [-0.4, -0.2) is 37.6 Å². The van der Waals surface area contributed by atoms with Crippen molar-refractivity contribution >= 4 is 17.2 Å². The van der Waals surface area contributed by atoms with Crippen LogP contribution < -0.4 is 5.56 Å². The van der Waals surface area contributed by atoms with Gasteiger partial charge in [-0.15, -0.1) is 11.3 Å². The Hall–Kier alpha value is -2.74. The Balaban J connectivity index is 1.42. The Bertz CT molecular complexity index is 1210. The molecule has 3 aromatic rings. The molecular weight excluding hydrogens is 415 g/mol. The summed E-state index contributed by atoms with van der Waals surface area (Å²) in [6.45, 7) is 4.56. The maximum absolute atomic E-state index is 13.3. The van der Waals surface area contributed by atoms with Gasteiger partial charge in [-0.1, -0.05) is 0 Å². The first-order valence-corrected chi connectivity index (χ1v) is 11.5. The van der Waals surface area contributed by atoms with E-state index in [0.717, 1.165) is 29.8 Å². The van der Waals surface area contributed by atoms with Gasteiger partial charge >= 0.3 is 0 Å². The van der Waals surface area contributed by atoms with Gasteiger partial charge in [0.15, 0.2) is 0 Å². The first-order valence-electron chi connectivity index (χ1n) is 10.7. The monoisotopic (exact) mass is 440 g/mol. The van der Waals surface area contributed by atoms with E-state index < -0.39 is 0 Å². The van der Waals surface area contributed by atoms with E-state index in [1.807, 2.05) is 18.7 Å². The Morgan fingerprint density at radius 2 is 2.13 bits per heavy atom. The summed E-state index contributed by atoms with van der Waals surface area (Å²) in [4.78, 5) is 34.9. The number of amides is 1. The lowest BCUT2D eigenvalue weighted by Gasteiger charge is -2.35. The van der Waals surface area contributed by atoms with Crippen LogP contribution in [0.4, 0.5) is 4.39 Å². The fourth-order valence-corrected chi connectivity index (χ4v) is 5.87. The number of rotatable bonds is 4. The van der Waals surface area contributed by atoms with Crippen LogP contribution in [0.5, 0.6) is 0 Å². The number of carbonyl (C=O) groups is 1. The number of aromatic nitrogens is 3. The van der Waals surface area contributed by atoms with E-state index in [-0.39, 0.29) is 30.1 Å². The van der Waals surface area contributed by atoms with E-state index in [1.54, 1.807) is 45.1 Å². The molecule has 4 heterocycles. The van der Waals surface area contributed by atoms with Crippen molar-refractivity contribution in [2.45, 2.75) is 52.2 Å². The van der Waals surface area contributed by atoms with E-state index in [4.69, 9.17) is 0 Å². The molecule has 3 aromatic heterocycles. The number of thiophene rings is 1. The number of carbonyl (C=O) groups excluding carboxylic acids is 1. The summed E-state index contributed by atoms with van der Waals surface area (Å²) >= 11 is 1.74. The Morgan fingerprint density at radius 3 is 2.87 bits per heavy atom. The van der Waals surface area contributed by atoms with Crippen LogP contribution in [0.1, 0.15) is 44.8 Å². The predicted octanol–water partition coefficient (Wildman–Crippen LogP) is 3.52. The zero-order valence-electron chi connectivity index (χ0n) is 17.7. The van der Waals surface area contributed by atoms with Gasteiger partial charge in [-0.25, -0.2) is 4.98 Å². The molecule has 0 radical (unpaired) electrons. The molecule has 6 nitrogen and oxygen atoms in total. The molecular formula is C23H25FN4O2S. The lowest BCUT2D eigenvalue weighted by atomic mass is 9.89. The average molecular weight is 441 g/mol. The van der Waals surface area contributed by atoms with Crippen molar-refractivity contribution in [3.05, 3.63) is 67.8 Å². The zero-order chi connectivity index (χ0) is 21.7. The molecule has 2 atom stereocenters. The van der Waals surface area contributed by atoms with Crippen molar-refractivity contribution in [3.8, 4) is 5.69 Å². The molecule has 0 saturated heterocycles. The molecule has 8 heteroatoms. The van der Waals surface area contributed by atoms with Crippen LogP contribution in [-0.2, 0) is 25.9 Å². The molecule has 0 saturated carbocycles. The summed E-state index contributed by atoms with van der Waals surface area (Å²) in [6, 6.07) is 5.48. The third kappa shape index (κ3) is 3.52. The van der Waals surface area contributed by atoms with Gasteiger partial charge in [-0.3, -0.25) is 14.0 Å². The number of alkyl halides is 1. The summed E-state index contributed by atoms with van der Waals surface area (Å²) in [5, 5.41) is 0. The first-order chi connectivity index (χ1) is 14.9. The Labute approximate surface area is 184 Å². The van der Waals surface area contributed by atoms with E-state index >= 15 is 0 Å². The molecule has 2 aliphatic rings. The molecule has 0 bridgehead atoms. The number of imidazole rings is 1. The van der Waals surface area contributed by atoms with Crippen molar-refractivity contribution in [1.29, 1.82) is 0 Å². The topological polar surface area (TPSA) is 60.1 Å². The first kappa shape index (κ1) is 20.2. The molecule has 5 rings (SSSR count). The number of hydrogen-bond donors (Lipinski definition) is 0. The Morgan fingerprint density at radius 1 is 1.29 bits per heavy atom. The van der Waals surface area contributed by atoms with Crippen LogP contribution in [0.15, 0.2) is 35.5 Å². The third-order valence-corrected chi connectivity index (χ3v) is 7.60. The molecule has 1 aliphatic heterocycles. The van der Waals surface area contributed by atoms with Gasteiger partial charge in [0.05, 0.1) is 25.2 Å². The van der Waals surface area contributed by atoms with Crippen LogP contribution >= 0.6 is 11.3 Å². The highest BCUT2D eigenvalue weighted by Crippen LogP contribution is 2.34. The maximum Gasteiger partial charge on any atom is 0.275 e. The van der Waals surface area contributed by atoms with Gasteiger partial charge in [0.1, 0.15) is 11.4 Å². The van der Waals surface area contributed by atoms with Gasteiger partial charge in [0, 0.05) is 28.5 Å². The maximum atomic E-state index is 13.3. The summed E-state index contributed by atoms with van der Waals surface area (Å²) in [5.41, 5.74) is 2.80. The fourth-order valence-electron chi connectivity index (χ4n) is 4.66. The van der Waals surface area contributed by atoms with Gasteiger partial charge in [-0.05, 0) is 62.8 Å². The molecule has 0 aromatic carbocycles. The van der Waals surface area contributed by atoms with Gasteiger partial charge in [0.25, 0.3) is 11.5 Å². The zero-order valence-corrected chi connectivity index (χ0v) is 18.5. The minimum atomic E-state index is -0.265. The summed E-state index contributed by atoms with van der Waals surface area (Å²) in [5.74, 6) is -0.00468. The minimum Gasteiger partial charge on any atom is -0.328 e. The largest absolute Gasteiger partial charge is 0.328 e. The number of hydrogen-bond acceptors (Lipinski definition) is 4. The van der Waals surface area contributed by atoms with Crippen molar-refractivity contribution in [2.75, 3.05) is 6.67 Å². The van der Waals surface area contributed by atoms with Crippen LogP contribution in [0.2, 0.25) is 0 Å². The number of pyridine rings is 1. The van der Waals surface area contributed by atoms with E-state index in [0.29, 0.717) is 24.5 Å². The lowest BCUT2D eigenvalue weighted by Crippen LogP contribution is -2.49. The molecule has 162 valence electrons. The number of fused-ring (bicyclic) bond motifs is 2. The summed E-state index contributed by atoms with van der Waals surface area (Å²) in [6.07, 6.45) is 6.03. The van der Waals surface area contributed by atoms with Crippen molar-refractivity contribution in [1.82, 2.24) is 19.0 Å². The minimum absolute atomic E-state index is 0.102. The van der Waals surface area contributed by atoms with Gasteiger partial charge in [-0.2, -0.15) is 0 Å². The highest BCUT2D eigenvalue weighted by Gasteiger charge is 2.32. The van der Waals surface area contributed by atoms with E-state index in [1.165, 1.54) is 10.4 Å². The number of halogens is 1. The highest BCUT2D eigenvalue weighted by atomic mass is 32.1. The Kier molecular flexibility index (Phi) is 5.04. The van der Waals surface area contributed by atoms with Crippen LogP contribution in [0, 0.1) is 12.8 Å². The normalized spacial score (nSPS) is 20.6. The van der Waals surface area contributed by atoms with Crippen molar-refractivity contribution in [2.24, 2.45) is 5.92 Å². The van der Waals surface area contributed by atoms with Crippen molar-refractivity contribution in [3.63, 3.8) is 0 Å². The predicted molar refractivity (Wildman–Crippen MR) is 118 cm³/mol. The average Bonchev–Trinajstić information content (AvgIpc) is 3.36. The third-order valence-electron chi connectivity index (χ3n) is 6.38. The quantitative estimate of drug-likeness (QED) is 0.624. The molecule has 1 aliphatic carbocycles. The number of nitrogens with zero attached hydrogens (tertiary/aromatic N) is 4. The summed E-state index contributed by atoms with van der Waals surface area (Å²) < 4.78 is 16.4. The molecule has 1 amide bonds. The van der Waals surface area contributed by atoms with E-state index in [2.05, 4.69) is 11.1 Å². The SMILES string of the molecule is Cc1cn(-c2ccc3n(c2=O)CC(C)N(Cc2cc4c(s2)CCC(CF)C4)C3=O)cn1. The standard InChI is InChI=1S/C23H25FN4O2S/c1-14-10-26(13-25-14)19-4-5-20-23(30)27(15(2)11-28(20)22(19)29)12-18-8-17-7-16(9-24)3-6-21(17)31-18/h4-5,8,10,13,15-16H,3,6-7,9,11-12H2,1-2H3. The second-order valence-corrected chi connectivity index (χ2v) is 9.87. The smallest absolute Gasteiger partial charge is 0.275 e. The van der Waals surface area contributed by atoms with Crippen LogP contribution in [0.25, 0.3) is 5.69 Å². The second kappa shape index (κ2) is 7.75. The fraction of sp³-hybridized carbons (Fsp3) is 0.435. The molecule has 2 unspecified atom stereocenters. The number of aryl methyl sites for hydroxylation is 2. The molecule has 0 N–H and O–H groups in total. The van der Waals surface area contributed by atoms with E-state index in [9.17, 15) is 14.0 Å². The lowest BCUT2D eigenvalue weighted by molar-refractivity contribution is 0.0592. The molecule has 0 spiro atoms. The molecule has 31 heavy (non-hydrogen) atoms. The van der Waals surface area contributed by atoms with Gasteiger partial charge in [0.2, 0.25) is 0 Å². The van der Waals surface area contributed by atoms with Gasteiger partial charge < -0.3 is 14.0 Å². The highest BCUT2D eigenvalue weighted by molar-refractivity contribution is 7.12. The molecule has 0 fully saturated rings. The second-order valence-electron chi connectivity index (χ2n) is 8.65. The van der Waals surface area contributed by atoms with Crippen molar-refractivity contribution < 1.29 is 9.18 Å². The van der Waals surface area contributed by atoms with Crippen LogP contribution in [0.3, 0.4) is 0 Å². The summed E-state index contributed by atoms with van der Waals surface area (Å²) in [7, 11) is 0.